The van der Waals surface area contributed by atoms with Crippen LogP contribution in [0, 0.1) is 16.7 Å². The van der Waals surface area contributed by atoms with E-state index in [4.69, 9.17) is 16.4 Å². The van der Waals surface area contributed by atoms with Crippen LogP contribution in [-0.4, -0.2) is 23.4 Å². The number of carbonyl (C=O) groups excluding carboxylic acids is 1. The zero-order valence-electron chi connectivity index (χ0n) is 6.46. The van der Waals surface area contributed by atoms with E-state index < -0.39 is 0 Å². The van der Waals surface area contributed by atoms with Gasteiger partial charge < -0.3 is 11.1 Å². The maximum Gasteiger partial charge on any atom is 0.230 e. The number of nitrogens with one attached hydrogen (secondary N) is 2. The molecule has 4 N–H and O–H groups in total. The van der Waals surface area contributed by atoms with Crippen LogP contribution in [0.3, 0.4) is 0 Å². The van der Waals surface area contributed by atoms with Crippen molar-refractivity contribution in [2.24, 2.45) is 5.73 Å². The highest BCUT2D eigenvalue weighted by molar-refractivity contribution is 8.14. The molecular weight excluding hydrogens is 176 g/mol. The number of nitrogens with two attached hydrogens (primary N) is 1. The van der Waals surface area contributed by atoms with E-state index in [1.54, 1.807) is 0 Å². The van der Waals surface area contributed by atoms with Crippen molar-refractivity contribution in [3.63, 3.8) is 0 Å². The van der Waals surface area contributed by atoms with Crippen LogP contribution in [0.2, 0.25) is 0 Å². The molecule has 0 bridgehead atoms. The van der Waals surface area contributed by atoms with Gasteiger partial charge in [0.2, 0.25) is 5.91 Å². The maximum atomic E-state index is 10.8. The summed E-state index contributed by atoms with van der Waals surface area (Å²) in [5.74, 6) is -0.0636. The third-order valence-corrected chi connectivity index (χ3v) is 1.64. The molecule has 0 spiro atoms. The van der Waals surface area contributed by atoms with Crippen LogP contribution in [0.5, 0.6) is 0 Å². The van der Waals surface area contributed by atoms with Crippen molar-refractivity contribution in [3.05, 3.63) is 0 Å². The van der Waals surface area contributed by atoms with Gasteiger partial charge >= 0.3 is 0 Å². The predicted octanol–water partition coefficient (Wildman–Crippen LogP) is -0.357. The Morgan fingerprint density at radius 3 is 2.92 bits per heavy atom. The Morgan fingerprint density at radius 1 is 1.75 bits per heavy atom. The number of nitrogens with zero attached hydrogens (tertiary/aromatic N) is 1. The Morgan fingerprint density at radius 2 is 2.42 bits per heavy atom. The molecule has 0 aliphatic carbocycles. The lowest BCUT2D eigenvalue weighted by Crippen LogP contribution is -2.27. The van der Waals surface area contributed by atoms with Crippen LogP contribution in [0.1, 0.15) is 6.42 Å². The van der Waals surface area contributed by atoms with Gasteiger partial charge in [0.15, 0.2) is 5.17 Å². The minimum atomic E-state index is -0.203. The molecular formula is C6H10N4OS. The Labute approximate surface area is 74.8 Å². The minimum absolute atomic E-state index is 0.0783. The summed E-state index contributed by atoms with van der Waals surface area (Å²) in [5.41, 5.74) is 5.01. The number of nitriles is 1. The van der Waals surface area contributed by atoms with Gasteiger partial charge in [0.1, 0.15) is 0 Å². The fraction of sp³-hybridized carbons (Fsp3) is 0.500. The molecule has 1 amide bonds. The van der Waals surface area contributed by atoms with E-state index in [9.17, 15) is 4.79 Å². The van der Waals surface area contributed by atoms with Gasteiger partial charge in [-0.1, -0.05) is 11.8 Å². The average Bonchev–Trinajstić information content (AvgIpc) is 2.01. The van der Waals surface area contributed by atoms with E-state index in [0.29, 0.717) is 13.0 Å². The third-order valence-electron chi connectivity index (χ3n) is 0.918. The van der Waals surface area contributed by atoms with Gasteiger partial charge in [-0.3, -0.25) is 10.2 Å². The summed E-state index contributed by atoms with van der Waals surface area (Å²) in [6, 6.07) is 1.90. The van der Waals surface area contributed by atoms with Crippen LogP contribution in [0.15, 0.2) is 0 Å². The molecule has 0 unspecified atom stereocenters. The van der Waals surface area contributed by atoms with E-state index in [-0.39, 0.29) is 16.8 Å². The Hall–Kier alpha value is -1.22. The van der Waals surface area contributed by atoms with Crippen LogP contribution >= 0.6 is 11.8 Å². The first-order chi connectivity index (χ1) is 5.66. The predicted molar refractivity (Wildman–Crippen MR) is 47.6 cm³/mol. The second kappa shape index (κ2) is 6.49. The summed E-state index contributed by atoms with van der Waals surface area (Å²) in [7, 11) is 0. The second-order valence-corrected chi connectivity index (χ2v) is 2.93. The molecule has 5 nitrogen and oxygen atoms in total. The molecule has 0 fully saturated rings. The Kier molecular flexibility index (Phi) is 5.83. The molecule has 0 saturated carbocycles. The van der Waals surface area contributed by atoms with Gasteiger partial charge in [-0.05, 0) is 0 Å². The van der Waals surface area contributed by atoms with Crippen molar-refractivity contribution >= 4 is 22.8 Å². The Bertz CT molecular complexity index is 210. The molecule has 0 aromatic rings. The largest absolute Gasteiger partial charge is 0.379 e. The smallest absolute Gasteiger partial charge is 0.230 e. The molecule has 0 radical (unpaired) electrons. The minimum Gasteiger partial charge on any atom is -0.379 e. The molecule has 0 atom stereocenters. The summed E-state index contributed by atoms with van der Waals surface area (Å²) in [6.45, 7) is 0.355. The van der Waals surface area contributed by atoms with Gasteiger partial charge in [-0.2, -0.15) is 5.26 Å². The summed E-state index contributed by atoms with van der Waals surface area (Å²) >= 11 is 0.964. The lowest BCUT2D eigenvalue weighted by molar-refractivity contribution is -0.118. The molecule has 0 aromatic heterocycles. The molecule has 0 aliphatic heterocycles. The Balaban J connectivity index is 3.35. The van der Waals surface area contributed by atoms with Crippen LogP contribution in [0.4, 0.5) is 0 Å². The highest BCUT2D eigenvalue weighted by Gasteiger charge is 2.00. The molecule has 12 heavy (non-hydrogen) atoms. The fourth-order valence-corrected chi connectivity index (χ4v) is 0.841. The number of rotatable bonds is 4. The highest BCUT2D eigenvalue weighted by Crippen LogP contribution is 1.95. The van der Waals surface area contributed by atoms with E-state index >= 15 is 0 Å². The number of carbonyl (C=O) groups is 1. The van der Waals surface area contributed by atoms with Crippen LogP contribution < -0.4 is 11.1 Å². The van der Waals surface area contributed by atoms with Gasteiger partial charge in [0.05, 0.1) is 18.2 Å². The molecule has 0 rings (SSSR count). The van der Waals surface area contributed by atoms with Gasteiger partial charge in [-0.25, -0.2) is 0 Å². The highest BCUT2D eigenvalue weighted by atomic mass is 32.2. The van der Waals surface area contributed by atoms with Crippen LogP contribution in [0.25, 0.3) is 0 Å². The number of amidine groups is 1. The fourth-order valence-electron chi connectivity index (χ4n) is 0.452. The first-order valence-corrected chi connectivity index (χ1v) is 4.26. The molecule has 0 aliphatic rings. The van der Waals surface area contributed by atoms with Crippen molar-refractivity contribution < 1.29 is 4.79 Å². The van der Waals surface area contributed by atoms with Crippen molar-refractivity contribution in [3.8, 4) is 6.07 Å². The van der Waals surface area contributed by atoms with Gasteiger partial charge in [0.25, 0.3) is 0 Å². The average molecular weight is 186 g/mol. The van der Waals surface area contributed by atoms with Gasteiger partial charge in [-0.15, -0.1) is 0 Å². The topological polar surface area (TPSA) is 103 Å². The third kappa shape index (κ3) is 6.89. The summed E-state index contributed by atoms with van der Waals surface area (Å²) in [6.07, 6.45) is 0.302. The lowest BCUT2D eigenvalue weighted by atomic mass is 10.4. The summed E-state index contributed by atoms with van der Waals surface area (Å²) in [5, 5.41) is 17.4. The number of hydrogen-bond donors (Lipinski definition) is 3. The zero-order chi connectivity index (χ0) is 9.40. The van der Waals surface area contributed by atoms with E-state index in [1.165, 1.54) is 0 Å². The molecule has 6 heteroatoms. The van der Waals surface area contributed by atoms with Gasteiger partial charge in [0, 0.05) is 6.54 Å². The maximum absolute atomic E-state index is 10.8. The standard InChI is InChI=1S/C6H10N4OS/c7-2-1-3-10-5(11)4-12-6(8)9/h1,3-4H2,(H3,8,9)(H,10,11). The van der Waals surface area contributed by atoms with E-state index in [1.807, 2.05) is 6.07 Å². The van der Waals surface area contributed by atoms with E-state index in [2.05, 4.69) is 5.32 Å². The monoisotopic (exact) mass is 186 g/mol. The molecule has 0 saturated heterocycles. The number of thioether (sulfide) groups is 1. The summed E-state index contributed by atoms with van der Waals surface area (Å²) in [4.78, 5) is 10.8. The molecule has 0 aromatic carbocycles. The lowest BCUT2D eigenvalue weighted by Gasteiger charge is -2.00. The second-order valence-electron chi connectivity index (χ2n) is 1.91. The normalized spacial score (nSPS) is 8.58. The first-order valence-electron chi connectivity index (χ1n) is 3.27. The molecule has 66 valence electrons. The van der Waals surface area contributed by atoms with Crippen LogP contribution in [-0.2, 0) is 4.79 Å². The van der Waals surface area contributed by atoms with Crippen molar-refractivity contribution in [1.29, 1.82) is 10.7 Å². The van der Waals surface area contributed by atoms with Crippen molar-refractivity contribution in [2.45, 2.75) is 6.42 Å². The SMILES string of the molecule is N#CCCNC(=O)CSC(=N)N. The quantitative estimate of drug-likeness (QED) is 0.317. The number of amides is 1. The summed E-state index contributed by atoms with van der Waals surface area (Å²) < 4.78 is 0. The molecule has 0 heterocycles. The number of hydrogen-bond acceptors (Lipinski definition) is 4. The first kappa shape index (κ1) is 10.8. The van der Waals surface area contributed by atoms with Crippen molar-refractivity contribution in [1.82, 2.24) is 5.32 Å². The zero-order valence-corrected chi connectivity index (χ0v) is 7.28. The van der Waals surface area contributed by atoms with E-state index in [0.717, 1.165) is 11.8 Å². The van der Waals surface area contributed by atoms with Crippen molar-refractivity contribution in [2.75, 3.05) is 12.3 Å².